The highest BCUT2D eigenvalue weighted by molar-refractivity contribution is 5.95. The Bertz CT molecular complexity index is 923. The number of aryl methyl sites for hydroxylation is 2. The summed E-state index contributed by atoms with van der Waals surface area (Å²) in [6, 6.07) is 7.68. The van der Waals surface area contributed by atoms with E-state index in [9.17, 15) is 4.79 Å². The van der Waals surface area contributed by atoms with E-state index in [2.05, 4.69) is 33.0 Å². The Morgan fingerprint density at radius 3 is 2.38 bits per heavy atom. The predicted molar refractivity (Wildman–Crippen MR) is 130 cm³/mol. The second-order valence-electron chi connectivity index (χ2n) is 9.23. The minimum Gasteiger partial charge on any atom is -0.491 e. The maximum Gasteiger partial charge on any atom is 0.242 e. The van der Waals surface area contributed by atoms with Crippen LogP contribution in [0.15, 0.2) is 29.3 Å². The molecule has 2 aromatic rings. The second-order valence-corrected chi connectivity index (χ2v) is 9.23. The van der Waals surface area contributed by atoms with Crippen molar-refractivity contribution in [3.05, 3.63) is 41.2 Å². The molecule has 8 nitrogen and oxygen atoms in total. The minimum absolute atomic E-state index is 0.0338. The Morgan fingerprint density at radius 1 is 1.19 bits per heavy atom. The van der Waals surface area contributed by atoms with E-state index < -0.39 is 0 Å². The third-order valence-electron chi connectivity index (χ3n) is 4.71. The molecule has 176 valence electrons. The van der Waals surface area contributed by atoms with Gasteiger partial charge in [0.1, 0.15) is 12.3 Å². The molecule has 0 unspecified atom stereocenters. The molecule has 1 heterocycles. The average Bonchev–Trinajstić information content (AvgIpc) is 2.91. The maximum absolute atomic E-state index is 12.2. The first-order chi connectivity index (χ1) is 14.9. The van der Waals surface area contributed by atoms with Gasteiger partial charge in [-0.2, -0.15) is 5.10 Å². The molecule has 0 aliphatic carbocycles. The zero-order valence-electron chi connectivity index (χ0n) is 20.7. The zero-order valence-corrected chi connectivity index (χ0v) is 20.7. The lowest BCUT2D eigenvalue weighted by Gasteiger charge is -2.20. The molecule has 0 radical (unpaired) electrons. The third-order valence-corrected chi connectivity index (χ3v) is 4.71. The number of carbonyl (C=O) groups excluding carboxylic acids is 1. The van der Waals surface area contributed by atoms with E-state index in [1.807, 2.05) is 77.5 Å². The van der Waals surface area contributed by atoms with Gasteiger partial charge in [-0.1, -0.05) is 0 Å². The van der Waals surface area contributed by atoms with Crippen molar-refractivity contribution in [2.24, 2.45) is 12.0 Å². The molecule has 1 aromatic carbocycles. The molecule has 1 aromatic heterocycles. The number of anilines is 1. The van der Waals surface area contributed by atoms with Gasteiger partial charge in [0.25, 0.3) is 0 Å². The molecule has 3 N–H and O–H groups in total. The average molecular weight is 443 g/mol. The summed E-state index contributed by atoms with van der Waals surface area (Å²) >= 11 is 0. The van der Waals surface area contributed by atoms with Crippen LogP contribution in [-0.2, 0) is 18.3 Å². The van der Waals surface area contributed by atoms with Crippen LogP contribution in [0, 0.1) is 13.8 Å². The topological polar surface area (TPSA) is 92.6 Å². The summed E-state index contributed by atoms with van der Waals surface area (Å²) in [5.41, 5.74) is 3.97. The molecule has 0 aliphatic heterocycles. The first-order valence-corrected chi connectivity index (χ1v) is 11.1. The third kappa shape index (κ3) is 8.24. The van der Waals surface area contributed by atoms with Crippen molar-refractivity contribution in [3.8, 4) is 5.75 Å². The van der Waals surface area contributed by atoms with Gasteiger partial charge in [-0.15, -0.1) is 0 Å². The van der Waals surface area contributed by atoms with Gasteiger partial charge >= 0.3 is 0 Å². The van der Waals surface area contributed by atoms with E-state index in [0.717, 1.165) is 29.2 Å². The normalized spacial score (nSPS) is 12.1. The smallest absolute Gasteiger partial charge is 0.242 e. The lowest BCUT2D eigenvalue weighted by molar-refractivity contribution is -0.121. The van der Waals surface area contributed by atoms with E-state index in [1.54, 1.807) is 0 Å². The number of hydrogen-bond donors (Lipinski definition) is 3. The molecule has 0 saturated carbocycles. The van der Waals surface area contributed by atoms with E-state index in [4.69, 9.17) is 4.74 Å². The van der Waals surface area contributed by atoms with Gasteiger partial charge < -0.3 is 20.7 Å². The highest BCUT2D eigenvalue weighted by Crippen LogP contribution is 2.17. The van der Waals surface area contributed by atoms with Crippen molar-refractivity contribution < 1.29 is 9.53 Å². The number of rotatable bonds is 8. The fourth-order valence-corrected chi connectivity index (χ4v) is 3.26. The number of benzene rings is 1. The van der Waals surface area contributed by atoms with Gasteiger partial charge in [0, 0.05) is 30.5 Å². The largest absolute Gasteiger partial charge is 0.491 e. The predicted octanol–water partition coefficient (Wildman–Crippen LogP) is 3.34. The Hall–Kier alpha value is -3.03. The summed E-state index contributed by atoms with van der Waals surface area (Å²) in [7, 11) is 1.95. The molecule has 2 rings (SSSR count). The monoisotopic (exact) mass is 442 g/mol. The van der Waals surface area contributed by atoms with Crippen molar-refractivity contribution in [2.75, 3.05) is 18.4 Å². The van der Waals surface area contributed by atoms with Crippen molar-refractivity contribution in [1.29, 1.82) is 0 Å². The lowest BCUT2D eigenvalue weighted by atomic mass is 10.1. The van der Waals surface area contributed by atoms with Gasteiger partial charge in [-0.25, -0.2) is 4.99 Å². The first-order valence-electron chi connectivity index (χ1n) is 11.1. The second kappa shape index (κ2) is 11.0. The number of carbonyl (C=O) groups is 1. The summed E-state index contributed by atoms with van der Waals surface area (Å²) in [6.07, 6.45) is 0.926. The van der Waals surface area contributed by atoms with Crippen LogP contribution < -0.4 is 20.7 Å². The van der Waals surface area contributed by atoms with E-state index >= 15 is 0 Å². The zero-order chi connectivity index (χ0) is 23.9. The number of amides is 1. The van der Waals surface area contributed by atoms with Crippen LogP contribution in [0.2, 0.25) is 0 Å². The molecular weight excluding hydrogens is 404 g/mol. The van der Waals surface area contributed by atoms with Crippen LogP contribution >= 0.6 is 0 Å². The summed E-state index contributed by atoms with van der Waals surface area (Å²) in [6.45, 7) is 14.6. The molecule has 0 spiro atoms. The van der Waals surface area contributed by atoms with E-state index in [-0.39, 0.29) is 24.1 Å². The molecule has 0 atom stereocenters. The van der Waals surface area contributed by atoms with Crippen molar-refractivity contribution >= 4 is 17.6 Å². The summed E-state index contributed by atoms with van der Waals surface area (Å²) < 4.78 is 7.60. The molecule has 1 amide bonds. The molecular formula is C24H38N6O2. The van der Waals surface area contributed by atoms with Crippen LogP contribution in [0.25, 0.3) is 0 Å². The van der Waals surface area contributed by atoms with Crippen LogP contribution in [0.1, 0.15) is 51.6 Å². The van der Waals surface area contributed by atoms with Crippen LogP contribution in [-0.4, -0.2) is 46.4 Å². The quantitative estimate of drug-likeness (QED) is 0.431. The van der Waals surface area contributed by atoms with Crippen molar-refractivity contribution in [1.82, 2.24) is 20.4 Å². The molecule has 0 saturated heterocycles. The Labute approximate surface area is 191 Å². The van der Waals surface area contributed by atoms with Gasteiger partial charge in [0.2, 0.25) is 5.91 Å². The number of aliphatic imine (C=N–C) groups is 1. The number of nitrogens with zero attached hydrogens (tertiary/aromatic N) is 3. The number of ether oxygens (including phenoxy) is 1. The Kier molecular flexibility index (Phi) is 8.69. The maximum atomic E-state index is 12.2. The van der Waals surface area contributed by atoms with Crippen LogP contribution in [0.4, 0.5) is 5.69 Å². The number of aromatic nitrogens is 2. The summed E-state index contributed by atoms with van der Waals surface area (Å²) in [5.74, 6) is 1.23. The molecule has 0 bridgehead atoms. The molecule has 8 heteroatoms. The van der Waals surface area contributed by atoms with E-state index in [0.29, 0.717) is 12.5 Å². The SMILES string of the molecule is Cc1nn(C)c(C)c1CCNC(=NCC(=O)NC(C)(C)C)Nc1ccc(OC(C)C)cc1. The first kappa shape index (κ1) is 25.2. The van der Waals surface area contributed by atoms with E-state index in [1.165, 1.54) is 5.56 Å². The fraction of sp³-hybridized carbons (Fsp3) is 0.542. The Morgan fingerprint density at radius 2 is 1.84 bits per heavy atom. The summed E-state index contributed by atoms with van der Waals surface area (Å²) in [4.78, 5) is 16.7. The van der Waals surface area contributed by atoms with Gasteiger partial charge in [-0.05, 0) is 84.7 Å². The Balaban J connectivity index is 2.07. The molecule has 0 aliphatic rings. The number of hydrogen-bond acceptors (Lipinski definition) is 4. The van der Waals surface area contributed by atoms with Crippen LogP contribution in [0.5, 0.6) is 5.75 Å². The summed E-state index contributed by atoms with van der Waals surface area (Å²) in [5, 5.41) is 14.0. The molecule has 0 fully saturated rings. The van der Waals surface area contributed by atoms with Gasteiger partial charge in [-0.3, -0.25) is 9.48 Å². The van der Waals surface area contributed by atoms with Gasteiger partial charge in [0.05, 0.1) is 11.8 Å². The fourth-order valence-electron chi connectivity index (χ4n) is 3.26. The number of guanidine groups is 1. The van der Waals surface area contributed by atoms with Crippen LogP contribution in [0.3, 0.4) is 0 Å². The lowest BCUT2D eigenvalue weighted by Crippen LogP contribution is -2.42. The van der Waals surface area contributed by atoms with Gasteiger partial charge in [0.15, 0.2) is 5.96 Å². The highest BCUT2D eigenvalue weighted by atomic mass is 16.5. The van der Waals surface area contributed by atoms with Crippen molar-refractivity contribution in [2.45, 2.75) is 66.5 Å². The minimum atomic E-state index is -0.296. The van der Waals surface area contributed by atoms with Crippen molar-refractivity contribution in [3.63, 3.8) is 0 Å². The molecule has 32 heavy (non-hydrogen) atoms. The standard InChI is InChI=1S/C24H38N6O2/c1-16(2)32-20-11-9-19(10-12-20)27-23(26-15-22(31)28-24(5,6)7)25-14-13-21-17(3)29-30(8)18(21)4/h9-12,16H,13-15H2,1-8H3,(H,28,31)(H2,25,26,27). The number of nitrogens with one attached hydrogen (secondary N) is 3. The highest BCUT2D eigenvalue weighted by Gasteiger charge is 2.14.